The van der Waals surface area contributed by atoms with Gasteiger partial charge in [0.2, 0.25) is 0 Å². The molecule has 13 heavy (non-hydrogen) atoms. The number of fused-ring (bicyclic) bond motifs is 2. The Balaban J connectivity index is 2.35. The van der Waals surface area contributed by atoms with E-state index in [1.807, 2.05) is 6.92 Å². The molecule has 0 aromatic heterocycles. The molecule has 3 atom stereocenters. The minimum Gasteiger partial charge on any atom is -0.0867 e. The average molecular weight is 258 g/mol. The van der Waals surface area contributed by atoms with E-state index in [0.717, 1.165) is 6.42 Å². The Hall–Kier alpha value is 0.700. The highest BCUT2D eigenvalue weighted by Crippen LogP contribution is 2.73. The first kappa shape index (κ1) is 10.2. The number of halogens is 3. The van der Waals surface area contributed by atoms with Gasteiger partial charge in [-0.25, -0.2) is 0 Å². The van der Waals surface area contributed by atoms with Crippen molar-refractivity contribution in [2.75, 3.05) is 0 Å². The third-order valence-corrected chi connectivity index (χ3v) is 5.81. The second kappa shape index (κ2) is 3.37. The smallest absolute Gasteiger partial charge is 0.0555 e. The highest BCUT2D eigenvalue weighted by Gasteiger charge is 2.47. The first-order valence-electron chi connectivity index (χ1n) is 4.29. The van der Waals surface area contributed by atoms with Crippen molar-refractivity contribution < 1.29 is 0 Å². The Bertz CT molecular complexity index is 277. The second-order valence-electron chi connectivity index (χ2n) is 3.54. The molecule has 0 nitrogen and oxygen atoms in total. The first-order chi connectivity index (χ1) is 6.04. The molecule has 2 bridgehead atoms. The Kier molecular flexibility index (Phi) is 2.65. The van der Waals surface area contributed by atoms with E-state index in [2.05, 4.69) is 18.2 Å². The van der Waals surface area contributed by atoms with Crippen LogP contribution < -0.4 is 0 Å². The lowest BCUT2D eigenvalue weighted by molar-refractivity contribution is 0.700. The van der Waals surface area contributed by atoms with Crippen LogP contribution in [0.4, 0.5) is 0 Å². The zero-order valence-corrected chi connectivity index (χ0v) is 10.3. The van der Waals surface area contributed by atoms with Crippen molar-refractivity contribution in [3.8, 4) is 0 Å². The summed E-state index contributed by atoms with van der Waals surface area (Å²) in [6, 6.07) is 0. The van der Waals surface area contributed by atoms with Crippen LogP contribution in [-0.4, -0.2) is 5.25 Å². The Morgan fingerprint density at radius 1 is 1.38 bits per heavy atom. The van der Waals surface area contributed by atoms with E-state index in [1.165, 1.54) is 5.57 Å². The minimum atomic E-state index is -2.00. The van der Waals surface area contributed by atoms with Crippen LogP contribution in [0, 0.1) is 11.8 Å². The van der Waals surface area contributed by atoms with Crippen LogP contribution in [0.1, 0.15) is 13.3 Å². The molecule has 0 heterocycles. The molecule has 0 aromatic rings. The van der Waals surface area contributed by atoms with Crippen molar-refractivity contribution in [3.05, 3.63) is 23.8 Å². The fraction of sp³-hybridized carbons (Fsp3) is 0.556. The third-order valence-electron chi connectivity index (χ3n) is 2.88. The second-order valence-corrected chi connectivity index (χ2v) is 10.7. The highest BCUT2D eigenvalue weighted by atomic mass is 36.2. The summed E-state index contributed by atoms with van der Waals surface area (Å²) in [5.74, 6) is 1.02. The quantitative estimate of drug-likeness (QED) is 0.594. The molecule has 0 aromatic carbocycles. The van der Waals surface area contributed by atoms with Crippen LogP contribution >= 0.6 is 39.7 Å². The summed E-state index contributed by atoms with van der Waals surface area (Å²) in [5.41, 5.74) is 1.34. The van der Waals surface area contributed by atoms with E-state index in [-0.39, 0.29) is 5.25 Å². The minimum absolute atomic E-state index is 0.178. The fourth-order valence-electron chi connectivity index (χ4n) is 2.39. The maximum absolute atomic E-state index is 6.05. The molecule has 0 amide bonds. The van der Waals surface area contributed by atoms with Gasteiger partial charge >= 0.3 is 0 Å². The van der Waals surface area contributed by atoms with E-state index in [0.29, 0.717) is 11.8 Å². The lowest BCUT2D eigenvalue weighted by atomic mass is 10.0. The van der Waals surface area contributed by atoms with Crippen molar-refractivity contribution in [2.24, 2.45) is 11.8 Å². The monoisotopic (exact) mass is 256 g/mol. The predicted molar refractivity (Wildman–Crippen MR) is 63.4 cm³/mol. The van der Waals surface area contributed by atoms with E-state index < -0.39 is 7.67 Å². The fourth-order valence-corrected chi connectivity index (χ4v) is 5.72. The number of hydrogen-bond donors (Lipinski definition) is 0. The highest BCUT2D eigenvalue weighted by molar-refractivity contribution is 8.79. The van der Waals surface area contributed by atoms with Gasteiger partial charge < -0.3 is 0 Å². The van der Waals surface area contributed by atoms with Gasteiger partial charge in [0.15, 0.2) is 0 Å². The summed E-state index contributed by atoms with van der Waals surface area (Å²) in [6.07, 6.45) is 7.71. The molecule has 2 aliphatic carbocycles. The van der Waals surface area contributed by atoms with Gasteiger partial charge in [0.05, 0.1) is 5.25 Å². The Labute approximate surface area is 93.7 Å². The summed E-state index contributed by atoms with van der Waals surface area (Å²) >= 11 is 0. The van der Waals surface area contributed by atoms with Gasteiger partial charge in [-0.15, -0.1) is 0 Å². The molecule has 0 aliphatic heterocycles. The number of allylic oxidation sites excluding steroid dienone is 3. The average Bonchev–Trinajstić information content (AvgIpc) is 2.59. The maximum atomic E-state index is 6.05. The molecule has 2 aliphatic rings. The van der Waals surface area contributed by atoms with E-state index >= 15 is 0 Å². The van der Waals surface area contributed by atoms with Crippen LogP contribution in [0.15, 0.2) is 23.8 Å². The molecule has 0 N–H and O–H groups in total. The molecule has 2 rings (SSSR count). The van der Waals surface area contributed by atoms with Crippen LogP contribution in [0.3, 0.4) is 0 Å². The molecular formula is C9H11Cl3S. The summed E-state index contributed by atoms with van der Waals surface area (Å²) in [4.78, 5) is 0. The van der Waals surface area contributed by atoms with Gasteiger partial charge in [-0.2, -0.15) is 0 Å². The van der Waals surface area contributed by atoms with Gasteiger partial charge in [-0.05, 0) is 57.2 Å². The molecule has 0 spiro atoms. The van der Waals surface area contributed by atoms with E-state index in [1.54, 1.807) is 0 Å². The third kappa shape index (κ3) is 1.65. The van der Waals surface area contributed by atoms with Crippen molar-refractivity contribution in [2.45, 2.75) is 18.6 Å². The molecule has 1 saturated carbocycles. The van der Waals surface area contributed by atoms with Crippen molar-refractivity contribution in [1.29, 1.82) is 0 Å². The molecule has 1 fully saturated rings. The molecular weight excluding hydrogens is 247 g/mol. The normalized spacial score (nSPS) is 41.8. The van der Waals surface area contributed by atoms with Gasteiger partial charge in [-0.1, -0.05) is 23.8 Å². The zero-order chi connectivity index (χ0) is 9.64. The number of rotatable bonds is 1. The van der Waals surface area contributed by atoms with Crippen molar-refractivity contribution in [1.82, 2.24) is 0 Å². The van der Waals surface area contributed by atoms with E-state index in [4.69, 9.17) is 32.0 Å². The summed E-state index contributed by atoms with van der Waals surface area (Å²) in [6.45, 7) is 2.03. The van der Waals surface area contributed by atoms with Crippen LogP contribution in [0.25, 0.3) is 0 Å². The Morgan fingerprint density at radius 3 is 2.54 bits per heavy atom. The standard InChI is InChI=1S/C9H11Cl3S/c1-2-8-6-3-4-7(5-6)9(8)13(10,11)12/h2-4,6-7,9H,5H2,1H3/b8-2+. The van der Waals surface area contributed by atoms with E-state index in [9.17, 15) is 0 Å². The molecule has 0 radical (unpaired) electrons. The lowest BCUT2D eigenvalue weighted by Gasteiger charge is -2.31. The predicted octanol–water partition coefficient (Wildman–Crippen LogP) is 4.77. The first-order valence-corrected chi connectivity index (χ1v) is 8.47. The van der Waals surface area contributed by atoms with Crippen LogP contribution in [-0.2, 0) is 0 Å². The number of hydrogen-bond acceptors (Lipinski definition) is 0. The molecule has 74 valence electrons. The lowest BCUT2D eigenvalue weighted by Crippen LogP contribution is -2.16. The summed E-state index contributed by atoms with van der Waals surface area (Å²) < 4.78 is 0. The van der Waals surface area contributed by atoms with Crippen LogP contribution in [0.2, 0.25) is 0 Å². The van der Waals surface area contributed by atoms with Gasteiger partial charge in [-0.3, -0.25) is 0 Å². The van der Waals surface area contributed by atoms with Gasteiger partial charge in [0.1, 0.15) is 0 Å². The summed E-state index contributed by atoms with van der Waals surface area (Å²) in [5, 5.41) is 0.178. The maximum Gasteiger partial charge on any atom is 0.0555 e. The molecule has 3 unspecified atom stereocenters. The van der Waals surface area contributed by atoms with Crippen LogP contribution in [0.5, 0.6) is 0 Å². The summed E-state index contributed by atoms with van der Waals surface area (Å²) in [7, 11) is 16.1. The van der Waals surface area contributed by atoms with Crippen molar-refractivity contribution >= 4 is 39.7 Å². The Morgan fingerprint density at radius 2 is 2.08 bits per heavy atom. The molecule has 4 heteroatoms. The van der Waals surface area contributed by atoms with Gasteiger partial charge in [0.25, 0.3) is 0 Å². The largest absolute Gasteiger partial charge is 0.0867 e. The molecule has 0 saturated heterocycles. The SMILES string of the molecule is C/C=C1\C2C=CC(C2)C1S(Cl)(Cl)Cl. The topological polar surface area (TPSA) is 0 Å². The zero-order valence-electron chi connectivity index (χ0n) is 7.21. The van der Waals surface area contributed by atoms with Gasteiger partial charge in [0, 0.05) is 7.67 Å². The van der Waals surface area contributed by atoms with Crippen molar-refractivity contribution in [3.63, 3.8) is 0 Å².